The van der Waals surface area contributed by atoms with Crippen LogP contribution in [0.1, 0.15) is 32.8 Å². The van der Waals surface area contributed by atoms with E-state index in [1.807, 2.05) is 12.1 Å². The van der Waals surface area contributed by atoms with Crippen LogP contribution >= 0.6 is 0 Å². The Morgan fingerprint density at radius 3 is 2.38 bits per heavy atom. The second-order valence-corrected chi connectivity index (χ2v) is 4.83. The second-order valence-electron chi connectivity index (χ2n) is 4.83. The highest BCUT2D eigenvalue weighted by atomic mass is 16.5. The molecule has 0 spiro atoms. The average molecular weight is 221 g/mol. The molecule has 0 bridgehead atoms. The first kappa shape index (κ1) is 13.0. The van der Waals surface area contributed by atoms with E-state index < -0.39 is 0 Å². The lowest BCUT2D eigenvalue weighted by Crippen LogP contribution is -2.40. The van der Waals surface area contributed by atoms with Crippen molar-refractivity contribution in [3.05, 3.63) is 29.8 Å². The highest BCUT2D eigenvalue weighted by Gasteiger charge is 2.12. The van der Waals surface area contributed by atoms with Gasteiger partial charge in [0.2, 0.25) is 0 Å². The van der Waals surface area contributed by atoms with Crippen LogP contribution in [0.4, 0.5) is 0 Å². The maximum absolute atomic E-state index is 5.64. The fourth-order valence-electron chi connectivity index (χ4n) is 1.32. The maximum atomic E-state index is 5.64. The molecule has 0 aromatic heterocycles. The zero-order chi connectivity index (χ0) is 12.0. The smallest absolute Gasteiger partial charge is 0.119 e. The van der Waals surface area contributed by atoms with Gasteiger partial charge < -0.3 is 10.1 Å². The summed E-state index contributed by atoms with van der Waals surface area (Å²) in [5.74, 6) is 0.946. The van der Waals surface area contributed by atoms with Crippen molar-refractivity contribution < 1.29 is 4.74 Å². The van der Waals surface area contributed by atoms with Crippen molar-refractivity contribution in [2.45, 2.75) is 39.7 Å². The number of benzene rings is 1. The van der Waals surface area contributed by atoms with E-state index in [1.54, 1.807) is 0 Å². The maximum Gasteiger partial charge on any atom is 0.119 e. The van der Waals surface area contributed by atoms with E-state index in [0.717, 1.165) is 18.7 Å². The van der Waals surface area contributed by atoms with Crippen molar-refractivity contribution in [1.29, 1.82) is 0 Å². The molecule has 16 heavy (non-hydrogen) atoms. The van der Waals surface area contributed by atoms with Gasteiger partial charge >= 0.3 is 0 Å². The number of aryl methyl sites for hydroxylation is 1. The first-order chi connectivity index (χ1) is 7.53. The van der Waals surface area contributed by atoms with Gasteiger partial charge in [-0.2, -0.15) is 0 Å². The standard InChI is InChI=1S/C14H23NO/c1-5-14(3,4)15-10-11-16-13-8-6-12(2)7-9-13/h6-9,15H,5,10-11H2,1-4H3. The minimum Gasteiger partial charge on any atom is -0.492 e. The second kappa shape index (κ2) is 5.90. The Morgan fingerprint density at radius 2 is 1.81 bits per heavy atom. The van der Waals surface area contributed by atoms with Gasteiger partial charge in [0.25, 0.3) is 0 Å². The van der Waals surface area contributed by atoms with E-state index in [2.05, 4.69) is 45.1 Å². The molecule has 0 amide bonds. The third kappa shape index (κ3) is 4.67. The Morgan fingerprint density at radius 1 is 1.19 bits per heavy atom. The molecule has 0 fully saturated rings. The fraction of sp³-hybridized carbons (Fsp3) is 0.571. The van der Waals surface area contributed by atoms with E-state index >= 15 is 0 Å². The average Bonchev–Trinajstić information content (AvgIpc) is 2.27. The molecule has 0 unspecified atom stereocenters. The van der Waals surface area contributed by atoms with Crippen LogP contribution in [0, 0.1) is 6.92 Å². The summed E-state index contributed by atoms with van der Waals surface area (Å²) in [4.78, 5) is 0. The molecule has 1 aromatic carbocycles. The van der Waals surface area contributed by atoms with Crippen LogP contribution in [0.25, 0.3) is 0 Å². The van der Waals surface area contributed by atoms with Crippen molar-refractivity contribution in [2.75, 3.05) is 13.2 Å². The fourth-order valence-corrected chi connectivity index (χ4v) is 1.32. The van der Waals surface area contributed by atoms with Crippen LogP contribution in [0.5, 0.6) is 5.75 Å². The van der Waals surface area contributed by atoms with Gasteiger partial charge in [0, 0.05) is 12.1 Å². The molecule has 0 atom stereocenters. The molecule has 0 aliphatic carbocycles. The number of hydrogen-bond donors (Lipinski definition) is 1. The van der Waals surface area contributed by atoms with Gasteiger partial charge in [-0.3, -0.25) is 0 Å². The summed E-state index contributed by atoms with van der Waals surface area (Å²) < 4.78 is 5.64. The van der Waals surface area contributed by atoms with E-state index in [0.29, 0.717) is 6.61 Å². The molecular formula is C14H23NO. The SMILES string of the molecule is CCC(C)(C)NCCOc1ccc(C)cc1. The third-order valence-electron chi connectivity index (χ3n) is 2.88. The minimum atomic E-state index is 0.205. The van der Waals surface area contributed by atoms with Crippen molar-refractivity contribution in [3.8, 4) is 5.75 Å². The van der Waals surface area contributed by atoms with E-state index in [1.165, 1.54) is 5.56 Å². The summed E-state index contributed by atoms with van der Waals surface area (Å²) in [6, 6.07) is 8.16. The Bertz CT molecular complexity index is 303. The predicted octanol–water partition coefficient (Wildman–Crippen LogP) is 3.15. The van der Waals surface area contributed by atoms with Crippen LogP contribution in [-0.4, -0.2) is 18.7 Å². The van der Waals surface area contributed by atoms with Gasteiger partial charge in [-0.05, 0) is 39.3 Å². The molecule has 2 heteroatoms. The molecule has 0 heterocycles. The Kier molecular flexibility index (Phi) is 4.81. The van der Waals surface area contributed by atoms with Gasteiger partial charge in [-0.1, -0.05) is 24.6 Å². The molecule has 0 aliphatic rings. The zero-order valence-corrected chi connectivity index (χ0v) is 10.8. The van der Waals surface area contributed by atoms with Crippen LogP contribution < -0.4 is 10.1 Å². The molecule has 0 radical (unpaired) electrons. The first-order valence-corrected chi connectivity index (χ1v) is 5.98. The van der Waals surface area contributed by atoms with E-state index in [4.69, 9.17) is 4.74 Å². The van der Waals surface area contributed by atoms with E-state index in [9.17, 15) is 0 Å². The Balaban J connectivity index is 2.23. The highest BCUT2D eigenvalue weighted by molar-refractivity contribution is 5.26. The van der Waals surface area contributed by atoms with Gasteiger partial charge in [-0.25, -0.2) is 0 Å². The van der Waals surface area contributed by atoms with Crippen molar-refractivity contribution >= 4 is 0 Å². The third-order valence-corrected chi connectivity index (χ3v) is 2.88. The topological polar surface area (TPSA) is 21.3 Å². The summed E-state index contributed by atoms with van der Waals surface area (Å²) >= 11 is 0. The van der Waals surface area contributed by atoms with Gasteiger partial charge in [0.05, 0.1) is 0 Å². The van der Waals surface area contributed by atoms with Gasteiger partial charge in [0.1, 0.15) is 12.4 Å². The summed E-state index contributed by atoms with van der Waals surface area (Å²) in [6.07, 6.45) is 1.12. The molecule has 0 saturated carbocycles. The summed E-state index contributed by atoms with van der Waals surface area (Å²) in [5, 5.41) is 3.47. The lowest BCUT2D eigenvalue weighted by atomic mass is 10.0. The summed E-state index contributed by atoms with van der Waals surface area (Å²) in [7, 11) is 0. The summed E-state index contributed by atoms with van der Waals surface area (Å²) in [6.45, 7) is 10.3. The Labute approximate surface area is 99.0 Å². The predicted molar refractivity (Wildman–Crippen MR) is 69.0 cm³/mol. The number of nitrogens with one attached hydrogen (secondary N) is 1. The van der Waals surface area contributed by atoms with Crippen molar-refractivity contribution in [2.24, 2.45) is 0 Å². The molecule has 1 rings (SSSR count). The summed E-state index contributed by atoms with van der Waals surface area (Å²) in [5.41, 5.74) is 1.47. The van der Waals surface area contributed by atoms with Crippen LogP contribution in [0.2, 0.25) is 0 Å². The van der Waals surface area contributed by atoms with Crippen molar-refractivity contribution in [3.63, 3.8) is 0 Å². The lowest BCUT2D eigenvalue weighted by molar-refractivity contribution is 0.281. The van der Waals surface area contributed by atoms with Crippen LogP contribution in [0.3, 0.4) is 0 Å². The number of hydrogen-bond acceptors (Lipinski definition) is 2. The van der Waals surface area contributed by atoms with Crippen LogP contribution in [0.15, 0.2) is 24.3 Å². The minimum absolute atomic E-state index is 0.205. The normalized spacial score (nSPS) is 11.5. The molecule has 1 N–H and O–H groups in total. The molecular weight excluding hydrogens is 198 g/mol. The number of rotatable bonds is 6. The first-order valence-electron chi connectivity index (χ1n) is 5.98. The van der Waals surface area contributed by atoms with Crippen molar-refractivity contribution in [1.82, 2.24) is 5.32 Å². The van der Waals surface area contributed by atoms with Gasteiger partial charge in [-0.15, -0.1) is 0 Å². The largest absolute Gasteiger partial charge is 0.492 e. The highest BCUT2D eigenvalue weighted by Crippen LogP contribution is 2.11. The number of ether oxygens (including phenoxy) is 1. The monoisotopic (exact) mass is 221 g/mol. The molecule has 2 nitrogen and oxygen atoms in total. The Hall–Kier alpha value is -1.02. The lowest BCUT2D eigenvalue weighted by Gasteiger charge is -2.24. The van der Waals surface area contributed by atoms with Gasteiger partial charge in [0.15, 0.2) is 0 Å². The quantitative estimate of drug-likeness (QED) is 0.745. The molecule has 90 valence electrons. The molecule has 1 aromatic rings. The molecule has 0 saturated heterocycles. The van der Waals surface area contributed by atoms with Crippen LogP contribution in [-0.2, 0) is 0 Å². The zero-order valence-electron chi connectivity index (χ0n) is 10.8. The molecule has 0 aliphatic heterocycles. The van der Waals surface area contributed by atoms with E-state index in [-0.39, 0.29) is 5.54 Å².